The maximum Gasteiger partial charge on any atom is 0.122 e. The van der Waals surface area contributed by atoms with Crippen LogP contribution >= 0.6 is 24.8 Å². The molecule has 1 aromatic heterocycles. The lowest BCUT2D eigenvalue weighted by molar-refractivity contribution is 0.469. The van der Waals surface area contributed by atoms with Crippen LogP contribution in [0.4, 0.5) is 0 Å². The number of fused-ring (bicyclic) bond motifs is 1. The molecule has 3 nitrogen and oxygen atoms in total. The van der Waals surface area contributed by atoms with Crippen LogP contribution in [-0.4, -0.2) is 10.1 Å². The van der Waals surface area contributed by atoms with Crippen LogP contribution in [0.2, 0.25) is 0 Å². The molecule has 0 radical (unpaired) electrons. The molecule has 0 atom stereocenters. The molecule has 3 N–H and O–H groups in total. The van der Waals surface area contributed by atoms with Crippen molar-refractivity contribution in [2.45, 2.75) is 6.54 Å². The predicted molar refractivity (Wildman–Crippen MR) is 65.8 cm³/mol. The van der Waals surface area contributed by atoms with Crippen LogP contribution < -0.4 is 5.73 Å². The van der Waals surface area contributed by atoms with Gasteiger partial charge in [-0.3, -0.25) is 4.98 Å². The van der Waals surface area contributed by atoms with Crippen molar-refractivity contribution in [3.05, 3.63) is 36.0 Å². The molecule has 0 aliphatic heterocycles. The number of aromatic hydroxyl groups is 1. The topological polar surface area (TPSA) is 59.1 Å². The molecule has 0 saturated heterocycles. The average Bonchev–Trinajstić information content (AvgIpc) is 2.18. The summed E-state index contributed by atoms with van der Waals surface area (Å²) in [6, 6.07) is 7.28. The lowest BCUT2D eigenvalue weighted by Crippen LogP contribution is -1.98. The Morgan fingerprint density at radius 3 is 2.60 bits per heavy atom. The van der Waals surface area contributed by atoms with E-state index in [4.69, 9.17) is 5.73 Å². The Balaban J connectivity index is 0.000000980. The molecule has 0 bridgehead atoms. The molecule has 0 aliphatic rings. The summed E-state index contributed by atoms with van der Waals surface area (Å²) < 4.78 is 0. The summed E-state index contributed by atoms with van der Waals surface area (Å²) >= 11 is 0. The highest BCUT2D eigenvalue weighted by atomic mass is 35.5. The highest BCUT2D eigenvalue weighted by molar-refractivity contribution is 5.85. The summed E-state index contributed by atoms with van der Waals surface area (Å²) in [7, 11) is 0. The molecule has 0 unspecified atom stereocenters. The molecule has 0 saturated carbocycles. The van der Waals surface area contributed by atoms with Crippen molar-refractivity contribution in [3.63, 3.8) is 0 Å². The van der Waals surface area contributed by atoms with Crippen molar-refractivity contribution in [1.82, 2.24) is 4.98 Å². The molecule has 0 fully saturated rings. The van der Waals surface area contributed by atoms with Gasteiger partial charge in [0.05, 0.1) is 5.52 Å². The van der Waals surface area contributed by atoms with Gasteiger partial charge in [0.25, 0.3) is 0 Å². The van der Waals surface area contributed by atoms with Crippen LogP contribution in [0.5, 0.6) is 5.75 Å². The monoisotopic (exact) mass is 246 g/mol. The largest absolute Gasteiger partial charge is 0.508 e. The summed E-state index contributed by atoms with van der Waals surface area (Å²) in [6.45, 7) is 0.306. The van der Waals surface area contributed by atoms with Gasteiger partial charge in [0.2, 0.25) is 0 Å². The maximum absolute atomic E-state index is 9.49. The number of rotatable bonds is 1. The zero-order valence-electron chi connectivity index (χ0n) is 7.88. The van der Waals surface area contributed by atoms with Crippen molar-refractivity contribution < 1.29 is 5.11 Å². The molecule has 1 aromatic carbocycles. The number of phenolic OH excluding ortho intramolecular Hbond substituents is 1. The van der Waals surface area contributed by atoms with Crippen LogP contribution in [0.25, 0.3) is 10.9 Å². The number of halogens is 2. The van der Waals surface area contributed by atoms with E-state index in [2.05, 4.69) is 4.98 Å². The fraction of sp³-hybridized carbons (Fsp3) is 0.100. The van der Waals surface area contributed by atoms with Crippen molar-refractivity contribution in [2.24, 2.45) is 5.73 Å². The highest BCUT2D eigenvalue weighted by Crippen LogP contribution is 2.24. The van der Waals surface area contributed by atoms with Crippen LogP contribution in [0, 0.1) is 0 Å². The third kappa shape index (κ3) is 2.50. The normalized spacial score (nSPS) is 9.13. The number of hydrogen-bond donors (Lipinski definition) is 2. The van der Waals surface area contributed by atoms with E-state index in [1.165, 1.54) is 0 Å². The van der Waals surface area contributed by atoms with Crippen LogP contribution in [0.15, 0.2) is 30.5 Å². The summed E-state index contributed by atoms with van der Waals surface area (Å²) in [5, 5.41) is 10.5. The van der Waals surface area contributed by atoms with Crippen molar-refractivity contribution in [3.8, 4) is 5.75 Å². The van der Waals surface area contributed by atoms with Crippen LogP contribution in [-0.2, 0) is 6.54 Å². The average molecular weight is 247 g/mol. The van der Waals surface area contributed by atoms with E-state index in [0.29, 0.717) is 12.1 Å². The van der Waals surface area contributed by atoms with Gasteiger partial charge < -0.3 is 10.8 Å². The number of phenols is 1. The van der Waals surface area contributed by atoms with E-state index in [1.54, 1.807) is 12.3 Å². The second-order valence-electron chi connectivity index (χ2n) is 2.84. The van der Waals surface area contributed by atoms with E-state index in [9.17, 15) is 5.11 Å². The Morgan fingerprint density at radius 2 is 1.93 bits per heavy atom. The molecular weight excluding hydrogens is 235 g/mol. The Bertz CT molecular complexity index is 448. The first kappa shape index (κ1) is 14.0. The van der Waals surface area contributed by atoms with E-state index in [-0.39, 0.29) is 30.6 Å². The highest BCUT2D eigenvalue weighted by Gasteiger charge is 2.04. The Labute approximate surface area is 100 Å². The van der Waals surface area contributed by atoms with Gasteiger partial charge in [-0.1, -0.05) is 6.07 Å². The summed E-state index contributed by atoms with van der Waals surface area (Å²) in [5.41, 5.74) is 7.01. The SMILES string of the molecule is Cl.Cl.NCc1c(O)ccc2cccnc12. The lowest BCUT2D eigenvalue weighted by Gasteiger charge is -2.04. The number of nitrogens with two attached hydrogens (primary N) is 1. The third-order valence-electron chi connectivity index (χ3n) is 2.06. The molecule has 0 amide bonds. The minimum absolute atomic E-state index is 0. The van der Waals surface area contributed by atoms with Gasteiger partial charge in [-0.05, 0) is 18.2 Å². The number of aromatic nitrogens is 1. The molecule has 82 valence electrons. The molecule has 5 heteroatoms. The molecule has 2 aromatic rings. The van der Waals surface area contributed by atoms with E-state index in [0.717, 1.165) is 10.9 Å². The second kappa shape index (κ2) is 5.75. The number of pyridine rings is 1. The third-order valence-corrected chi connectivity index (χ3v) is 2.06. The summed E-state index contributed by atoms with van der Waals surface area (Å²) in [5.74, 6) is 0.216. The second-order valence-corrected chi connectivity index (χ2v) is 2.84. The zero-order valence-corrected chi connectivity index (χ0v) is 9.52. The van der Waals surface area contributed by atoms with Gasteiger partial charge in [-0.2, -0.15) is 0 Å². The number of nitrogens with zero attached hydrogens (tertiary/aromatic N) is 1. The first-order chi connectivity index (χ1) is 6.33. The van der Waals surface area contributed by atoms with Crippen molar-refractivity contribution >= 4 is 35.7 Å². The minimum Gasteiger partial charge on any atom is -0.508 e. The standard InChI is InChI=1S/C10H10N2O.2ClH/c11-6-8-9(13)4-3-7-2-1-5-12-10(7)8;;/h1-5,13H,6,11H2;2*1H. The molecule has 2 rings (SSSR count). The van der Waals surface area contributed by atoms with Gasteiger partial charge in [0, 0.05) is 23.7 Å². The molecule has 0 spiro atoms. The fourth-order valence-corrected chi connectivity index (χ4v) is 1.40. The zero-order chi connectivity index (χ0) is 9.26. The molecule has 0 aliphatic carbocycles. The fourth-order valence-electron chi connectivity index (χ4n) is 1.40. The van der Waals surface area contributed by atoms with Gasteiger partial charge in [-0.25, -0.2) is 0 Å². The Kier molecular flexibility index (Phi) is 5.36. The van der Waals surface area contributed by atoms with Crippen molar-refractivity contribution in [2.75, 3.05) is 0 Å². The van der Waals surface area contributed by atoms with Crippen molar-refractivity contribution in [1.29, 1.82) is 0 Å². The Hall–Kier alpha value is -1.03. The predicted octanol–water partition coefficient (Wildman–Crippen LogP) is 2.24. The molecule has 15 heavy (non-hydrogen) atoms. The van der Waals surface area contributed by atoms with E-state index < -0.39 is 0 Å². The Morgan fingerprint density at radius 1 is 1.20 bits per heavy atom. The first-order valence-corrected chi connectivity index (χ1v) is 4.08. The summed E-state index contributed by atoms with van der Waals surface area (Å²) in [4.78, 5) is 4.17. The van der Waals surface area contributed by atoms with Crippen LogP contribution in [0.1, 0.15) is 5.56 Å². The van der Waals surface area contributed by atoms with E-state index in [1.807, 2.05) is 18.2 Å². The molecule has 1 heterocycles. The number of hydrogen-bond acceptors (Lipinski definition) is 3. The molecular formula is C10H12Cl2N2O. The number of benzene rings is 1. The quantitative estimate of drug-likeness (QED) is 0.812. The van der Waals surface area contributed by atoms with Gasteiger partial charge in [0.1, 0.15) is 5.75 Å². The minimum atomic E-state index is 0. The van der Waals surface area contributed by atoms with Crippen LogP contribution in [0.3, 0.4) is 0 Å². The first-order valence-electron chi connectivity index (χ1n) is 4.08. The van der Waals surface area contributed by atoms with E-state index >= 15 is 0 Å². The smallest absolute Gasteiger partial charge is 0.122 e. The summed E-state index contributed by atoms with van der Waals surface area (Å²) in [6.07, 6.45) is 1.70. The maximum atomic E-state index is 9.49. The van der Waals surface area contributed by atoms with Gasteiger partial charge >= 0.3 is 0 Å². The van der Waals surface area contributed by atoms with Gasteiger partial charge in [-0.15, -0.1) is 24.8 Å². The van der Waals surface area contributed by atoms with Gasteiger partial charge in [0.15, 0.2) is 0 Å². The lowest BCUT2D eigenvalue weighted by atomic mass is 10.1.